The van der Waals surface area contributed by atoms with Crippen LogP contribution >= 0.6 is 11.6 Å². The van der Waals surface area contributed by atoms with Crippen LogP contribution in [0.1, 0.15) is 24.4 Å². The fourth-order valence-electron chi connectivity index (χ4n) is 2.00. The Labute approximate surface area is 111 Å². The average Bonchev–Trinajstić information content (AvgIpc) is 2.79. The molecule has 0 aliphatic heterocycles. The normalized spacial score (nSPS) is 13.9. The molecule has 18 heavy (non-hydrogen) atoms. The zero-order valence-corrected chi connectivity index (χ0v) is 10.7. The Morgan fingerprint density at radius 2 is 2.06 bits per heavy atom. The standard InChI is InChI=1S/C13H13ClN4/c1-9(16)13(10-2-4-11(14)5-3-10)18-7-6-17-12(18)8-15/h2-7,9,13H,16H2,1H3. The Kier molecular flexibility index (Phi) is 3.66. The molecule has 0 fully saturated rings. The molecule has 92 valence electrons. The lowest BCUT2D eigenvalue weighted by atomic mass is 10.0. The first-order valence-corrected chi connectivity index (χ1v) is 5.95. The van der Waals surface area contributed by atoms with Crippen molar-refractivity contribution in [2.45, 2.75) is 19.0 Å². The number of aromatic nitrogens is 2. The van der Waals surface area contributed by atoms with E-state index in [1.807, 2.05) is 31.2 Å². The summed E-state index contributed by atoms with van der Waals surface area (Å²) >= 11 is 5.88. The molecule has 1 heterocycles. The first kappa shape index (κ1) is 12.6. The van der Waals surface area contributed by atoms with Crippen LogP contribution in [0, 0.1) is 11.3 Å². The highest BCUT2D eigenvalue weighted by Crippen LogP contribution is 2.24. The predicted octanol–water partition coefficient (Wildman–Crippen LogP) is 2.34. The smallest absolute Gasteiger partial charge is 0.213 e. The topological polar surface area (TPSA) is 67.6 Å². The number of benzene rings is 1. The van der Waals surface area contributed by atoms with Crippen LogP contribution in [0.3, 0.4) is 0 Å². The quantitative estimate of drug-likeness (QED) is 0.921. The van der Waals surface area contributed by atoms with Crippen molar-refractivity contribution in [1.82, 2.24) is 9.55 Å². The third kappa shape index (κ3) is 2.37. The number of hydrogen-bond acceptors (Lipinski definition) is 3. The van der Waals surface area contributed by atoms with E-state index in [2.05, 4.69) is 11.1 Å². The van der Waals surface area contributed by atoms with Gasteiger partial charge in [-0.3, -0.25) is 0 Å². The fourth-order valence-corrected chi connectivity index (χ4v) is 2.13. The van der Waals surface area contributed by atoms with Crippen LogP contribution in [0.25, 0.3) is 0 Å². The number of nitriles is 1. The molecule has 0 radical (unpaired) electrons. The molecule has 0 saturated carbocycles. The van der Waals surface area contributed by atoms with Gasteiger partial charge in [-0.05, 0) is 24.6 Å². The average molecular weight is 261 g/mol. The van der Waals surface area contributed by atoms with Gasteiger partial charge in [0.2, 0.25) is 5.82 Å². The predicted molar refractivity (Wildman–Crippen MR) is 70.2 cm³/mol. The maximum absolute atomic E-state index is 9.03. The van der Waals surface area contributed by atoms with Gasteiger partial charge >= 0.3 is 0 Å². The van der Waals surface area contributed by atoms with E-state index in [0.717, 1.165) is 5.56 Å². The van der Waals surface area contributed by atoms with Crippen molar-refractivity contribution >= 4 is 11.6 Å². The maximum Gasteiger partial charge on any atom is 0.213 e. The molecule has 0 amide bonds. The minimum atomic E-state index is -0.146. The third-order valence-corrected chi connectivity index (χ3v) is 3.03. The van der Waals surface area contributed by atoms with Crippen molar-refractivity contribution < 1.29 is 0 Å². The summed E-state index contributed by atoms with van der Waals surface area (Å²) in [6.45, 7) is 1.90. The Bertz CT molecular complexity index is 565. The van der Waals surface area contributed by atoms with E-state index in [4.69, 9.17) is 22.6 Å². The van der Waals surface area contributed by atoms with Crippen LogP contribution in [-0.2, 0) is 0 Å². The second kappa shape index (κ2) is 5.21. The summed E-state index contributed by atoms with van der Waals surface area (Å²) in [7, 11) is 0. The van der Waals surface area contributed by atoms with Gasteiger partial charge in [-0.25, -0.2) is 4.98 Å². The van der Waals surface area contributed by atoms with Gasteiger partial charge < -0.3 is 10.3 Å². The van der Waals surface area contributed by atoms with Crippen molar-refractivity contribution in [3.05, 3.63) is 53.1 Å². The van der Waals surface area contributed by atoms with Gasteiger partial charge in [-0.15, -0.1) is 0 Å². The largest absolute Gasteiger partial charge is 0.326 e. The molecular weight excluding hydrogens is 248 g/mol. The lowest BCUT2D eigenvalue weighted by Crippen LogP contribution is -2.30. The minimum Gasteiger partial charge on any atom is -0.326 e. The molecule has 5 heteroatoms. The zero-order chi connectivity index (χ0) is 13.1. The van der Waals surface area contributed by atoms with Gasteiger partial charge in [0.05, 0.1) is 6.04 Å². The second-order valence-corrected chi connectivity index (χ2v) is 4.56. The Morgan fingerprint density at radius 1 is 1.39 bits per heavy atom. The fraction of sp³-hybridized carbons (Fsp3) is 0.231. The molecular formula is C13H13ClN4. The summed E-state index contributed by atoms with van der Waals surface area (Å²) in [5.74, 6) is 0.354. The van der Waals surface area contributed by atoms with Crippen molar-refractivity contribution in [2.24, 2.45) is 5.73 Å². The molecule has 2 atom stereocenters. The molecule has 0 aliphatic carbocycles. The summed E-state index contributed by atoms with van der Waals surface area (Å²) in [6, 6.07) is 9.25. The van der Waals surface area contributed by atoms with Crippen LogP contribution in [0.4, 0.5) is 0 Å². The van der Waals surface area contributed by atoms with E-state index < -0.39 is 0 Å². The molecule has 0 saturated heterocycles. The Balaban J connectivity index is 2.47. The number of halogens is 1. The molecule has 1 aromatic carbocycles. The summed E-state index contributed by atoms with van der Waals surface area (Å²) in [5, 5.41) is 9.71. The van der Waals surface area contributed by atoms with Crippen molar-refractivity contribution in [3.8, 4) is 6.07 Å². The highest BCUT2D eigenvalue weighted by atomic mass is 35.5. The van der Waals surface area contributed by atoms with Gasteiger partial charge in [0.1, 0.15) is 6.07 Å². The van der Waals surface area contributed by atoms with Crippen molar-refractivity contribution in [1.29, 1.82) is 5.26 Å². The molecule has 0 bridgehead atoms. The highest BCUT2D eigenvalue weighted by Gasteiger charge is 2.20. The molecule has 0 spiro atoms. The number of imidazole rings is 1. The van der Waals surface area contributed by atoms with E-state index >= 15 is 0 Å². The molecule has 2 N–H and O–H groups in total. The van der Waals surface area contributed by atoms with Crippen LogP contribution in [0.15, 0.2) is 36.7 Å². The van der Waals surface area contributed by atoms with E-state index in [0.29, 0.717) is 10.8 Å². The highest BCUT2D eigenvalue weighted by molar-refractivity contribution is 6.30. The molecule has 4 nitrogen and oxygen atoms in total. The first-order valence-electron chi connectivity index (χ1n) is 5.57. The third-order valence-electron chi connectivity index (χ3n) is 2.78. The Hall–Kier alpha value is -1.83. The van der Waals surface area contributed by atoms with Gasteiger partial charge in [0, 0.05) is 23.5 Å². The van der Waals surface area contributed by atoms with Gasteiger partial charge in [0.25, 0.3) is 0 Å². The van der Waals surface area contributed by atoms with E-state index in [9.17, 15) is 0 Å². The van der Waals surface area contributed by atoms with E-state index in [1.165, 1.54) is 0 Å². The van der Waals surface area contributed by atoms with Gasteiger partial charge in [-0.2, -0.15) is 5.26 Å². The SMILES string of the molecule is CC(N)C(c1ccc(Cl)cc1)n1ccnc1C#N. The number of rotatable bonds is 3. The van der Waals surface area contributed by atoms with Crippen LogP contribution in [0.5, 0.6) is 0 Å². The first-order chi connectivity index (χ1) is 8.63. The lowest BCUT2D eigenvalue weighted by Gasteiger charge is -2.23. The molecule has 0 aliphatic rings. The molecule has 1 aromatic heterocycles. The van der Waals surface area contributed by atoms with Crippen LogP contribution in [0.2, 0.25) is 5.02 Å². The van der Waals surface area contributed by atoms with Crippen molar-refractivity contribution in [3.63, 3.8) is 0 Å². The maximum atomic E-state index is 9.03. The summed E-state index contributed by atoms with van der Waals surface area (Å²) in [5.41, 5.74) is 7.03. The number of hydrogen-bond donors (Lipinski definition) is 1. The number of nitrogens with two attached hydrogens (primary N) is 1. The monoisotopic (exact) mass is 260 g/mol. The van der Waals surface area contributed by atoms with E-state index in [-0.39, 0.29) is 12.1 Å². The summed E-state index contributed by atoms with van der Waals surface area (Å²) < 4.78 is 1.79. The van der Waals surface area contributed by atoms with Gasteiger partial charge in [-0.1, -0.05) is 23.7 Å². The van der Waals surface area contributed by atoms with Crippen molar-refractivity contribution in [2.75, 3.05) is 0 Å². The van der Waals surface area contributed by atoms with Gasteiger partial charge in [0.15, 0.2) is 0 Å². The molecule has 2 unspecified atom stereocenters. The van der Waals surface area contributed by atoms with Crippen LogP contribution < -0.4 is 5.73 Å². The summed E-state index contributed by atoms with van der Waals surface area (Å²) in [6.07, 6.45) is 3.37. The summed E-state index contributed by atoms with van der Waals surface area (Å²) in [4.78, 5) is 4.00. The minimum absolute atomic E-state index is 0.126. The van der Waals surface area contributed by atoms with E-state index in [1.54, 1.807) is 17.0 Å². The lowest BCUT2D eigenvalue weighted by molar-refractivity contribution is 0.492. The molecule has 2 aromatic rings. The zero-order valence-electron chi connectivity index (χ0n) is 9.92. The second-order valence-electron chi connectivity index (χ2n) is 4.13. The number of nitrogens with zero attached hydrogens (tertiary/aromatic N) is 3. The molecule has 2 rings (SSSR count). The van der Waals surface area contributed by atoms with Crippen LogP contribution in [-0.4, -0.2) is 15.6 Å². The Morgan fingerprint density at radius 3 is 2.61 bits per heavy atom.